The summed E-state index contributed by atoms with van der Waals surface area (Å²) in [5.74, 6) is -13.2. The maximum atomic E-state index is 12.8. The summed E-state index contributed by atoms with van der Waals surface area (Å²) in [5, 5.41) is 94.3. The number of rotatable bonds is 2. The molecular formula is C18H29N5O11. The van der Waals surface area contributed by atoms with Gasteiger partial charge in [0, 0.05) is 12.6 Å². The highest BCUT2D eigenvalue weighted by molar-refractivity contribution is 5.79. The van der Waals surface area contributed by atoms with E-state index in [-0.39, 0.29) is 11.4 Å². The van der Waals surface area contributed by atoms with Crippen LogP contribution in [0.4, 0.5) is 9.59 Å². The molecule has 3 aliphatic heterocycles. The molecule has 0 spiro atoms. The van der Waals surface area contributed by atoms with Crippen LogP contribution in [0, 0.1) is 0 Å². The Bertz CT molecular complexity index is 968. The minimum Gasteiger partial charge on any atom is -0.443 e. The molecule has 3 unspecified atom stereocenters. The Kier molecular flexibility index (Phi) is 5.45. The number of aliphatic hydroxyl groups is 8. The minimum atomic E-state index is -4.33. The zero-order valence-electron chi connectivity index (χ0n) is 18.9. The van der Waals surface area contributed by atoms with Crippen molar-refractivity contribution in [3.8, 4) is 0 Å². The standard InChI is InChI=1S/C18H29N5O11/c1-13(2,3)34-12(25)23-17(30,31)15(27,14(4,26)16(28,29)18(23,32)33)22(5)10-8-6-7-19-9(8)20-11(24)21-10/h6-7,9,19,26-33H,1-5H3,(H2,20,21,24). The van der Waals surface area contributed by atoms with E-state index in [1.54, 1.807) is 0 Å². The normalized spacial score (nSPS) is 33.5. The monoisotopic (exact) mass is 491 g/mol. The van der Waals surface area contributed by atoms with Gasteiger partial charge in [-0.15, -0.1) is 0 Å². The summed E-state index contributed by atoms with van der Waals surface area (Å²) in [5.41, 5.74) is -8.63. The number of urea groups is 1. The zero-order chi connectivity index (χ0) is 26.3. The Balaban J connectivity index is 2.27. The number of ether oxygens (including phenoxy) is 1. The third-order valence-electron chi connectivity index (χ3n) is 5.93. The highest BCUT2D eigenvalue weighted by Gasteiger charge is 2.86. The fourth-order valence-corrected chi connectivity index (χ4v) is 4.08. The van der Waals surface area contributed by atoms with Crippen LogP contribution in [0.25, 0.3) is 0 Å². The van der Waals surface area contributed by atoms with Crippen molar-refractivity contribution in [2.45, 2.75) is 68.4 Å². The third kappa shape index (κ3) is 3.15. The van der Waals surface area contributed by atoms with E-state index >= 15 is 0 Å². The van der Waals surface area contributed by atoms with Crippen molar-refractivity contribution < 1.29 is 55.2 Å². The maximum absolute atomic E-state index is 12.8. The fraction of sp³-hybridized carbons (Fsp3) is 0.667. The number of carbonyl (C=O) groups is 2. The van der Waals surface area contributed by atoms with Crippen LogP contribution in [0.15, 0.2) is 23.7 Å². The zero-order valence-corrected chi connectivity index (χ0v) is 18.9. The van der Waals surface area contributed by atoms with Crippen LogP contribution in [0.1, 0.15) is 27.7 Å². The van der Waals surface area contributed by atoms with Gasteiger partial charge in [0.2, 0.25) is 0 Å². The van der Waals surface area contributed by atoms with Gasteiger partial charge in [-0.05, 0) is 40.0 Å². The summed E-state index contributed by atoms with van der Waals surface area (Å²) in [7, 11) is 0.901. The van der Waals surface area contributed by atoms with E-state index in [1.807, 2.05) is 0 Å². The van der Waals surface area contributed by atoms with Crippen molar-refractivity contribution in [3.05, 3.63) is 23.7 Å². The topological polar surface area (TPSA) is 248 Å². The van der Waals surface area contributed by atoms with Crippen molar-refractivity contribution >= 4 is 12.1 Å². The van der Waals surface area contributed by atoms with Crippen LogP contribution in [-0.2, 0) is 4.74 Å². The number of likely N-dealkylation sites (N-methyl/N-ethyl adjacent to an activating group) is 1. The molecular weight excluding hydrogens is 462 g/mol. The maximum Gasteiger partial charge on any atom is 0.419 e. The van der Waals surface area contributed by atoms with Gasteiger partial charge in [-0.3, -0.25) is 5.32 Å². The van der Waals surface area contributed by atoms with E-state index in [1.165, 1.54) is 33.0 Å². The number of piperidine rings is 1. The van der Waals surface area contributed by atoms with Crippen LogP contribution in [-0.4, -0.2) is 111 Å². The second-order valence-corrected chi connectivity index (χ2v) is 9.40. The third-order valence-corrected chi connectivity index (χ3v) is 5.93. The second kappa shape index (κ2) is 7.15. The van der Waals surface area contributed by atoms with E-state index in [9.17, 15) is 50.4 Å². The molecule has 11 N–H and O–H groups in total. The van der Waals surface area contributed by atoms with Gasteiger partial charge in [0.1, 0.15) is 17.6 Å². The molecule has 0 aromatic heterocycles. The van der Waals surface area contributed by atoms with Crippen molar-refractivity contribution in [1.29, 1.82) is 0 Å². The van der Waals surface area contributed by atoms with Crippen LogP contribution in [0.3, 0.4) is 0 Å². The average molecular weight is 491 g/mol. The average Bonchev–Trinajstić information content (AvgIpc) is 3.10. The van der Waals surface area contributed by atoms with E-state index in [0.29, 0.717) is 11.8 Å². The molecule has 192 valence electrons. The predicted molar refractivity (Wildman–Crippen MR) is 108 cm³/mol. The molecule has 3 amide bonds. The summed E-state index contributed by atoms with van der Waals surface area (Å²) < 4.78 is 4.92. The SMILES string of the molecule is CN(C1=C2C=CNC2NC(=O)N1)C1(O)C(O)(O)N(C(=O)OC(C)(C)C)C(O)(O)C(O)(O)C1(C)O. The number of nitrogens with one attached hydrogen (secondary N) is 3. The highest BCUT2D eigenvalue weighted by Crippen LogP contribution is 2.53. The Morgan fingerprint density at radius 1 is 1.09 bits per heavy atom. The number of nitrogens with zero attached hydrogens (tertiary/aromatic N) is 2. The van der Waals surface area contributed by atoms with E-state index < -0.39 is 57.7 Å². The van der Waals surface area contributed by atoms with Gasteiger partial charge in [0.25, 0.3) is 11.5 Å². The number of fused-ring (bicyclic) bond motifs is 1. The molecule has 0 radical (unpaired) electrons. The van der Waals surface area contributed by atoms with Gasteiger partial charge in [0.15, 0.2) is 5.60 Å². The van der Waals surface area contributed by atoms with E-state index in [4.69, 9.17) is 4.74 Å². The second-order valence-electron chi connectivity index (χ2n) is 9.40. The number of hydrogen-bond acceptors (Lipinski definition) is 13. The molecule has 16 nitrogen and oxygen atoms in total. The lowest BCUT2D eigenvalue weighted by Crippen LogP contribution is -2.95. The largest absolute Gasteiger partial charge is 0.443 e. The van der Waals surface area contributed by atoms with Crippen molar-refractivity contribution in [2.24, 2.45) is 0 Å². The molecule has 1 fully saturated rings. The van der Waals surface area contributed by atoms with E-state index in [2.05, 4.69) is 16.0 Å². The van der Waals surface area contributed by atoms with Crippen LogP contribution in [0.5, 0.6) is 0 Å². The summed E-state index contributed by atoms with van der Waals surface area (Å²) in [6.07, 6.45) is 0.0147. The molecule has 0 saturated carbocycles. The summed E-state index contributed by atoms with van der Waals surface area (Å²) in [6, 6.07) is -0.839. The number of likely N-dealkylation sites (tertiary alicyclic amines) is 1. The molecule has 3 rings (SSSR count). The minimum absolute atomic E-state index is 0.178. The molecule has 3 aliphatic rings. The van der Waals surface area contributed by atoms with Crippen LogP contribution in [0.2, 0.25) is 0 Å². The fourth-order valence-electron chi connectivity index (χ4n) is 4.08. The summed E-state index contributed by atoms with van der Waals surface area (Å²) in [4.78, 5) is 24.6. The molecule has 0 aromatic carbocycles. The van der Waals surface area contributed by atoms with Crippen molar-refractivity contribution in [2.75, 3.05) is 7.05 Å². The Hall–Kier alpha value is -2.70. The molecule has 34 heavy (non-hydrogen) atoms. The van der Waals surface area contributed by atoms with Crippen LogP contribution >= 0.6 is 0 Å². The first-order valence-corrected chi connectivity index (χ1v) is 9.95. The Morgan fingerprint density at radius 2 is 1.65 bits per heavy atom. The van der Waals surface area contributed by atoms with Gasteiger partial charge in [-0.25, -0.2) is 9.59 Å². The first-order chi connectivity index (χ1) is 15.1. The summed E-state index contributed by atoms with van der Waals surface area (Å²) in [6.45, 7) is 4.43. The Morgan fingerprint density at radius 3 is 2.18 bits per heavy atom. The van der Waals surface area contributed by atoms with Crippen molar-refractivity contribution in [1.82, 2.24) is 25.8 Å². The molecule has 16 heteroatoms. The van der Waals surface area contributed by atoms with Crippen LogP contribution < -0.4 is 16.0 Å². The number of carbonyl (C=O) groups excluding carboxylic acids is 2. The van der Waals surface area contributed by atoms with Gasteiger partial charge in [-0.2, -0.15) is 4.90 Å². The van der Waals surface area contributed by atoms with Crippen molar-refractivity contribution in [3.63, 3.8) is 0 Å². The van der Waals surface area contributed by atoms with E-state index in [0.717, 1.165) is 7.05 Å². The highest BCUT2D eigenvalue weighted by atomic mass is 16.7. The lowest BCUT2D eigenvalue weighted by atomic mass is 9.73. The molecule has 0 bridgehead atoms. The molecule has 3 atom stereocenters. The van der Waals surface area contributed by atoms with Gasteiger partial charge >= 0.3 is 23.9 Å². The molecule has 0 aliphatic carbocycles. The predicted octanol–water partition coefficient (Wildman–Crippen LogP) is -4.47. The number of amides is 3. The first kappa shape index (κ1) is 25.9. The molecule has 0 aromatic rings. The van der Waals surface area contributed by atoms with Gasteiger partial charge < -0.3 is 61.1 Å². The van der Waals surface area contributed by atoms with Gasteiger partial charge in [0.05, 0.1) is 0 Å². The molecule has 3 heterocycles. The summed E-state index contributed by atoms with van der Waals surface area (Å²) >= 11 is 0. The lowest BCUT2D eigenvalue weighted by molar-refractivity contribution is -0.568. The lowest BCUT2D eigenvalue weighted by Gasteiger charge is -2.65. The quantitative estimate of drug-likeness (QED) is 0.163. The smallest absolute Gasteiger partial charge is 0.419 e. The van der Waals surface area contributed by atoms with Gasteiger partial charge in [-0.1, -0.05) is 0 Å². The number of hydrogen-bond donors (Lipinski definition) is 11. The Labute approximate surface area is 193 Å². The first-order valence-electron chi connectivity index (χ1n) is 9.95. The molecule has 1 saturated heterocycles.